The minimum Gasteiger partial charge on any atom is -0.456 e. The van der Waals surface area contributed by atoms with E-state index in [2.05, 4.69) is 157 Å². The molecule has 1 aromatic heterocycles. The molecule has 9 aromatic rings. The molecule has 0 radical (unpaired) electrons. The number of benzene rings is 8. The predicted molar refractivity (Wildman–Crippen MR) is 242 cm³/mol. The van der Waals surface area contributed by atoms with Crippen LogP contribution in [-0.4, -0.2) is 11.5 Å². The molecule has 4 heteroatoms. The third kappa shape index (κ3) is 6.63. The molecule has 274 valence electrons. The summed E-state index contributed by atoms with van der Waals surface area (Å²) in [5.41, 5.74) is 14.5. The lowest BCUT2D eigenvalue weighted by Crippen LogP contribution is -2.09. The van der Waals surface area contributed by atoms with Gasteiger partial charge in [-0.3, -0.25) is 0 Å². The number of anilines is 3. The summed E-state index contributed by atoms with van der Waals surface area (Å²) in [7, 11) is 0. The maximum absolute atomic E-state index is 6.71. The summed E-state index contributed by atoms with van der Waals surface area (Å²) < 4.78 is 6.71. The van der Waals surface area contributed by atoms with E-state index in [0.29, 0.717) is 5.84 Å². The number of aliphatic imine (C=N–C) groups is 2. The molecule has 0 unspecified atom stereocenters. The van der Waals surface area contributed by atoms with Crippen molar-refractivity contribution in [2.24, 2.45) is 9.98 Å². The van der Waals surface area contributed by atoms with Crippen molar-refractivity contribution in [3.63, 3.8) is 0 Å². The van der Waals surface area contributed by atoms with E-state index in [4.69, 9.17) is 14.4 Å². The van der Waals surface area contributed by atoms with Crippen LogP contribution in [0.15, 0.2) is 239 Å². The lowest BCUT2D eigenvalue weighted by molar-refractivity contribution is 0.669. The van der Waals surface area contributed by atoms with Crippen LogP contribution in [0.5, 0.6) is 0 Å². The summed E-state index contributed by atoms with van der Waals surface area (Å²) in [5, 5.41) is 1.95. The Morgan fingerprint density at radius 2 is 0.914 bits per heavy atom. The van der Waals surface area contributed by atoms with E-state index in [0.717, 1.165) is 83.8 Å². The van der Waals surface area contributed by atoms with E-state index >= 15 is 0 Å². The number of allylic oxidation sites excluding steroid dienone is 2. The molecule has 0 saturated carbocycles. The van der Waals surface area contributed by atoms with Gasteiger partial charge in [-0.05, 0) is 76.4 Å². The normalized spacial score (nSPS) is 12.8. The van der Waals surface area contributed by atoms with Crippen LogP contribution in [-0.2, 0) is 0 Å². The van der Waals surface area contributed by atoms with E-state index in [1.54, 1.807) is 0 Å². The van der Waals surface area contributed by atoms with Gasteiger partial charge in [-0.1, -0.05) is 164 Å². The fraction of sp³-hybridized carbons (Fsp3) is 0. The van der Waals surface area contributed by atoms with E-state index in [1.165, 1.54) is 11.1 Å². The summed E-state index contributed by atoms with van der Waals surface area (Å²) in [6.07, 6.45) is 2.03. The van der Waals surface area contributed by atoms with Gasteiger partial charge in [0.15, 0.2) is 5.84 Å². The van der Waals surface area contributed by atoms with Crippen LogP contribution in [0.2, 0.25) is 0 Å². The van der Waals surface area contributed by atoms with Crippen LogP contribution < -0.4 is 4.90 Å². The Balaban J connectivity index is 1.11. The van der Waals surface area contributed by atoms with Gasteiger partial charge in [0, 0.05) is 50.6 Å². The van der Waals surface area contributed by atoms with Crippen molar-refractivity contribution in [3.05, 3.63) is 241 Å². The largest absolute Gasteiger partial charge is 0.456 e. The van der Waals surface area contributed by atoms with Gasteiger partial charge in [-0.15, -0.1) is 0 Å². The highest BCUT2D eigenvalue weighted by molar-refractivity contribution is 6.26. The molecule has 0 amide bonds. The van der Waals surface area contributed by atoms with Crippen LogP contribution in [0.4, 0.5) is 17.1 Å². The second-order valence-electron chi connectivity index (χ2n) is 14.3. The zero-order chi connectivity index (χ0) is 38.8. The fourth-order valence-corrected chi connectivity index (χ4v) is 7.76. The molecule has 1 aliphatic rings. The molecule has 0 aliphatic carbocycles. The SMILES string of the molecule is C=C1C=C(c2ccccc2)N=C(c2cccc3oc4cc(N(c5ccc(-c6ccccc6)cc5)c5ccc(-c6ccccc6)cc5)ccc4c23)N=C1c1ccccc1. The quantitative estimate of drug-likeness (QED) is 0.155. The first-order valence-electron chi connectivity index (χ1n) is 19.4. The van der Waals surface area contributed by atoms with Gasteiger partial charge >= 0.3 is 0 Å². The lowest BCUT2D eigenvalue weighted by Gasteiger charge is -2.26. The maximum Gasteiger partial charge on any atom is 0.161 e. The Morgan fingerprint density at radius 3 is 1.48 bits per heavy atom. The van der Waals surface area contributed by atoms with Gasteiger partial charge in [0.2, 0.25) is 0 Å². The van der Waals surface area contributed by atoms with Crippen LogP contribution >= 0.6 is 0 Å². The monoisotopic (exact) mass is 743 g/mol. The molecule has 1 aliphatic heterocycles. The Labute approximate surface area is 337 Å². The van der Waals surface area contributed by atoms with Crippen LogP contribution in [0.3, 0.4) is 0 Å². The van der Waals surface area contributed by atoms with Crippen molar-refractivity contribution in [2.75, 3.05) is 4.90 Å². The molecule has 0 atom stereocenters. The van der Waals surface area contributed by atoms with Crippen LogP contribution in [0.1, 0.15) is 16.7 Å². The molecule has 0 fully saturated rings. The molecule has 0 spiro atoms. The molecule has 10 rings (SSSR count). The average molecular weight is 744 g/mol. The van der Waals surface area contributed by atoms with E-state index in [-0.39, 0.29) is 0 Å². The molecule has 4 nitrogen and oxygen atoms in total. The number of nitrogens with zero attached hydrogens (tertiary/aromatic N) is 3. The first-order valence-corrected chi connectivity index (χ1v) is 19.4. The molecule has 8 aromatic carbocycles. The van der Waals surface area contributed by atoms with Gasteiger partial charge in [-0.2, -0.15) is 0 Å². The van der Waals surface area contributed by atoms with Gasteiger partial charge in [-0.25, -0.2) is 9.98 Å². The Morgan fingerprint density at radius 1 is 0.414 bits per heavy atom. The van der Waals surface area contributed by atoms with Crippen molar-refractivity contribution in [3.8, 4) is 22.3 Å². The third-order valence-corrected chi connectivity index (χ3v) is 10.6. The van der Waals surface area contributed by atoms with Gasteiger partial charge in [0.1, 0.15) is 11.2 Å². The highest BCUT2D eigenvalue weighted by Crippen LogP contribution is 2.41. The van der Waals surface area contributed by atoms with Crippen molar-refractivity contribution >= 4 is 56.2 Å². The minimum absolute atomic E-state index is 0.601. The van der Waals surface area contributed by atoms with Gasteiger partial charge in [0.25, 0.3) is 0 Å². The average Bonchev–Trinajstić information content (AvgIpc) is 3.58. The van der Waals surface area contributed by atoms with Gasteiger partial charge in [0.05, 0.1) is 11.4 Å². The summed E-state index contributed by atoms with van der Waals surface area (Å²) in [6, 6.07) is 71.4. The Hall–Kier alpha value is -7.82. The minimum atomic E-state index is 0.601. The van der Waals surface area contributed by atoms with E-state index < -0.39 is 0 Å². The lowest BCUT2D eigenvalue weighted by atomic mass is 10.0. The number of amidine groups is 1. The van der Waals surface area contributed by atoms with Crippen molar-refractivity contribution in [1.29, 1.82) is 0 Å². The summed E-state index contributed by atoms with van der Waals surface area (Å²) in [6.45, 7) is 4.45. The predicted octanol–water partition coefficient (Wildman–Crippen LogP) is 14.2. The summed E-state index contributed by atoms with van der Waals surface area (Å²) in [5.74, 6) is 0.601. The van der Waals surface area contributed by atoms with Crippen LogP contribution in [0.25, 0.3) is 49.9 Å². The van der Waals surface area contributed by atoms with Crippen molar-refractivity contribution < 1.29 is 4.42 Å². The number of hydrogen-bond donors (Lipinski definition) is 0. The first-order chi connectivity index (χ1) is 28.7. The highest BCUT2D eigenvalue weighted by atomic mass is 16.3. The van der Waals surface area contributed by atoms with E-state index in [1.807, 2.05) is 66.7 Å². The summed E-state index contributed by atoms with van der Waals surface area (Å²) in [4.78, 5) is 12.8. The molecular weight excluding hydrogens is 707 g/mol. The number of rotatable bonds is 8. The number of hydrogen-bond acceptors (Lipinski definition) is 4. The second-order valence-corrected chi connectivity index (χ2v) is 14.3. The zero-order valence-corrected chi connectivity index (χ0v) is 31.7. The Bertz CT molecular complexity index is 2930. The molecule has 0 N–H and O–H groups in total. The van der Waals surface area contributed by atoms with Crippen molar-refractivity contribution in [2.45, 2.75) is 0 Å². The topological polar surface area (TPSA) is 41.1 Å². The highest BCUT2D eigenvalue weighted by Gasteiger charge is 2.22. The zero-order valence-electron chi connectivity index (χ0n) is 31.7. The number of fused-ring (bicyclic) bond motifs is 3. The summed E-state index contributed by atoms with van der Waals surface area (Å²) >= 11 is 0. The second kappa shape index (κ2) is 15.0. The first kappa shape index (κ1) is 34.7. The third-order valence-electron chi connectivity index (χ3n) is 10.6. The van der Waals surface area contributed by atoms with Gasteiger partial charge < -0.3 is 9.32 Å². The van der Waals surface area contributed by atoms with E-state index in [9.17, 15) is 0 Å². The smallest absolute Gasteiger partial charge is 0.161 e. The molecule has 0 saturated heterocycles. The molecule has 58 heavy (non-hydrogen) atoms. The molecule has 0 bridgehead atoms. The molecule has 2 heterocycles. The molecular formula is C54H37N3O. The van der Waals surface area contributed by atoms with Crippen LogP contribution in [0, 0.1) is 0 Å². The standard InChI is InChI=1S/C54H37N3O/c1-37-35-49(42-19-10-4-11-20-42)55-54(56-53(37)43-21-12-5-13-22-43)48-23-14-24-50-52(48)47-34-33-46(36-51(47)58-50)57(44-29-25-40(26-30-44)38-15-6-2-7-16-38)45-31-27-41(28-32-45)39-17-8-3-9-18-39/h2-36H,1H2. The van der Waals surface area contributed by atoms with Crippen molar-refractivity contribution in [1.82, 2.24) is 0 Å². The number of furan rings is 1. The maximum atomic E-state index is 6.71. The fourth-order valence-electron chi connectivity index (χ4n) is 7.76. The Kier molecular flexibility index (Phi) is 8.97.